The molecule has 78 valence electrons. The Kier molecular flexibility index (Phi) is 2.87. The van der Waals surface area contributed by atoms with E-state index < -0.39 is 0 Å². The molecule has 0 atom stereocenters. The van der Waals surface area contributed by atoms with E-state index in [1.165, 1.54) is 0 Å². The van der Waals surface area contributed by atoms with Crippen LogP contribution < -0.4 is 5.32 Å². The summed E-state index contributed by atoms with van der Waals surface area (Å²) >= 11 is 0. The first kappa shape index (κ1) is 9.98. The SMILES string of the molecule is CNCCc1nnc2cccc(C)c2n1. The summed E-state index contributed by atoms with van der Waals surface area (Å²) in [4.78, 5) is 4.50. The fraction of sp³-hybridized carbons (Fsp3) is 0.364. The number of hydrogen-bond acceptors (Lipinski definition) is 4. The molecule has 4 nitrogen and oxygen atoms in total. The summed E-state index contributed by atoms with van der Waals surface area (Å²) < 4.78 is 0. The Morgan fingerprint density at radius 3 is 2.93 bits per heavy atom. The molecule has 0 aliphatic heterocycles. The molecule has 0 spiro atoms. The lowest BCUT2D eigenvalue weighted by atomic mass is 10.2. The van der Waals surface area contributed by atoms with Crippen molar-refractivity contribution in [1.29, 1.82) is 0 Å². The normalized spacial score (nSPS) is 10.8. The van der Waals surface area contributed by atoms with Crippen molar-refractivity contribution in [2.45, 2.75) is 13.3 Å². The third-order valence-corrected chi connectivity index (χ3v) is 2.33. The van der Waals surface area contributed by atoms with E-state index >= 15 is 0 Å². The van der Waals surface area contributed by atoms with E-state index in [0.717, 1.165) is 35.4 Å². The van der Waals surface area contributed by atoms with Crippen LogP contribution in [0, 0.1) is 6.92 Å². The first-order valence-electron chi connectivity index (χ1n) is 5.05. The minimum Gasteiger partial charge on any atom is -0.319 e. The predicted molar refractivity (Wildman–Crippen MR) is 59.7 cm³/mol. The molecule has 0 amide bonds. The van der Waals surface area contributed by atoms with E-state index in [-0.39, 0.29) is 0 Å². The Hall–Kier alpha value is -1.55. The van der Waals surface area contributed by atoms with Crippen molar-refractivity contribution in [3.63, 3.8) is 0 Å². The van der Waals surface area contributed by atoms with Gasteiger partial charge in [-0.2, -0.15) is 0 Å². The number of nitrogens with zero attached hydrogens (tertiary/aromatic N) is 3. The van der Waals surface area contributed by atoms with Crippen molar-refractivity contribution in [3.05, 3.63) is 29.6 Å². The Labute approximate surface area is 88.8 Å². The van der Waals surface area contributed by atoms with Crippen LogP contribution in [0.3, 0.4) is 0 Å². The molecule has 0 radical (unpaired) electrons. The molecule has 1 N–H and O–H groups in total. The quantitative estimate of drug-likeness (QED) is 0.809. The van der Waals surface area contributed by atoms with E-state index in [1.807, 2.05) is 32.2 Å². The van der Waals surface area contributed by atoms with Crippen LogP contribution in [0.15, 0.2) is 18.2 Å². The lowest BCUT2D eigenvalue weighted by Crippen LogP contribution is -2.12. The van der Waals surface area contributed by atoms with Crippen LogP contribution in [0.5, 0.6) is 0 Å². The molecular weight excluding hydrogens is 188 g/mol. The summed E-state index contributed by atoms with van der Waals surface area (Å²) in [5.74, 6) is 0.797. The fourth-order valence-corrected chi connectivity index (χ4v) is 1.48. The molecule has 0 aliphatic rings. The smallest absolute Gasteiger partial charge is 0.152 e. The molecule has 0 fully saturated rings. The second-order valence-electron chi connectivity index (χ2n) is 3.52. The van der Waals surface area contributed by atoms with Crippen LogP contribution in [-0.2, 0) is 6.42 Å². The zero-order valence-corrected chi connectivity index (χ0v) is 8.99. The molecule has 15 heavy (non-hydrogen) atoms. The average Bonchev–Trinajstić information content (AvgIpc) is 2.27. The summed E-state index contributed by atoms with van der Waals surface area (Å²) in [7, 11) is 1.92. The Bertz CT molecular complexity index is 467. The molecule has 4 heteroatoms. The second-order valence-corrected chi connectivity index (χ2v) is 3.52. The molecule has 0 unspecified atom stereocenters. The number of benzene rings is 1. The largest absolute Gasteiger partial charge is 0.319 e. The Balaban J connectivity index is 2.41. The van der Waals surface area contributed by atoms with Crippen LogP contribution in [-0.4, -0.2) is 28.8 Å². The molecule has 0 bridgehead atoms. The maximum Gasteiger partial charge on any atom is 0.152 e. The molecule has 1 aromatic carbocycles. The van der Waals surface area contributed by atoms with Crippen molar-refractivity contribution in [2.24, 2.45) is 0 Å². The summed E-state index contributed by atoms with van der Waals surface area (Å²) in [6.07, 6.45) is 0.813. The van der Waals surface area contributed by atoms with Crippen LogP contribution >= 0.6 is 0 Å². The third kappa shape index (κ3) is 2.10. The van der Waals surface area contributed by atoms with Gasteiger partial charge in [0.1, 0.15) is 5.52 Å². The summed E-state index contributed by atoms with van der Waals surface area (Å²) in [6, 6.07) is 5.95. The van der Waals surface area contributed by atoms with Gasteiger partial charge in [0.2, 0.25) is 0 Å². The predicted octanol–water partition coefficient (Wildman–Crippen LogP) is 1.10. The zero-order chi connectivity index (χ0) is 10.7. The summed E-state index contributed by atoms with van der Waals surface area (Å²) in [5.41, 5.74) is 2.97. The second kappa shape index (κ2) is 4.31. The van der Waals surface area contributed by atoms with Crippen molar-refractivity contribution in [2.75, 3.05) is 13.6 Å². The number of likely N-dealkylation sites (N-methyl/N-ethyl adjacent to an activating group) is 1. The summed E-state index contributed by atoms with van der Waals surface area (Å²) in [5, 5.41) is 11.3. The molecule has 0 aliphatic carbocycles. The van der Waals surface area contributed by atoms with Crippen LogP contribution in [0.25, 0.3) is 11.0 Å². The highest BCUT2D eigenvalue weighted by Crippen LogP contribution is 2.12. The van der Waals surface area contributed by atoms with Crippen molar-refractivity contribution in [3.8, 4) is 0 Å². The van der Waals surface area contributed by atoms with E-state index in [0.29, 0.717) is 0 Å². The van der Waals surface area contributed by atoms with Gasteiger partial charge in [-0.15, -0.1) is 10.2 Å². The van der Waals surface area contributed by atoms with Gasteiger partial charge in [-0.05, 0) is 25.6 Å². The number of hydrogen-bond donors (Lipinski definition) is 1. The molecule has 2 aromatic rings. The molecule has 0 saturated carbocycles. The highest BCUT2D eigenvalue weighted by atomic mass is 15.2. The van der Waals surface area contributed by atoms with Gasteiger partial charge in [0.05, 0.1) is 5.52 Å². The van der Waals surface area contributed by atoms with E-state index in [4.69, 9.17) is 0 Å². The fourth-order valence-electron chi connectivity index (χ4n) is 1.48. The molecule has 2 rings (SSSR count). The zero-order valence-electron chi connectivity index (χ0n) is 8.99. The van der Waals surface area contributed by atoms with Crippen LogP contribution in [0.2, 0.25) is 0 Å². The molecule has 0 saturated heterocycles. The van der Waals surface area contributed by atoms with E-state index in [9.17, 15) is 0 Å². The molecule has 1 aromatic heterocycles. The molecule has 1 heterocycles. The lowest BCUT2D eigenvalue weighted by molar-refractivity contribution is 0.743. The van der Waals surface area contributed by atoms with Gasteiger partial charge >= 0.3 is 0 Å². The summed E-state index contributed by atoms with van der Waals surface area (Å²) in [6.45, 7) is 2.91. The van der Waals surface area contributed by atoms with Crippen molar-refractivity contribution < 1.29 is 0 Å². The van der Waals surface area contributed by atoms with Crippen molar-refractivity contribution >= 4 is 11.0 Å². The van der Waals surface area contributed by atoms with E-state index in [1.54, 1.807) is 0 Å². The minimum atomic E-state index is 0.797. The van der Waals surface area contributed by atoms with Gasteiger partial charge in [-0.1, -0.05) is 12.1 Å². The first-order valence-corrected chi connectivity index (χ1v) is 5.05. The van der Waals surface area contributed by atoms with E-state index in [2.05, 4.69) is 20.5 Å². The van der Waals surface area contributed by atoms with Crippen LogP contribution in [0.4, 0.5) is 0 Å². The van der Waals surface area contributed by atoms with Gasteiger partial charge in [0.15, 0.2) is 5.82 Å². The van der Waals surface area contributed by atoms with Gasteiger partial charge < -0.3 is 5.32 Å². The number of nitrogens with one attached hydrogen (secondary N) is 1. The van der Waals surface area contributed by atoms with Gasteiger partial charge in [-0.25, -0.2) is 4.98 Å². The number of para-hydroxylation sites is 1. The highest BCUT2D eigenvalue weighted by molar-refractivity contribution is 5.76. The number of fused-ring (bicyclic) bond motifs is 1. The average molecular weight is 202 g/mol. The molecular formula is C11H14N4. The standard InChI is InChI=1S/C11H14N4/c1-8-4-3-5-9-11(8)13-10(15-14-9)6-7-12-2/h3-5,12H,6-7H2,1-2H3. The van der Waals surface area contributed by atoms with Gasteiger partial charge in [-0.3, -0.25) is 0 Å². The minimum absolute atomic E-state index is 0.797. The highest BCUT2D eigenvalue weighted by Gasteiger charge is 2.02. The van der Waals surface area contributed by atoms with Crippen LogP contribution in [0.1, 0.15) is 11.4 Å². The number of rotatable bonds is 3. The number of aromatic nitrogens is 3. The Morgan fingerprint density at radius 2 is 2.13 bits per heavy atom. The van der Waals surface area contributed by atoms with Gasteiger partial charge in [0.25, 0.3) is 0 Å². The Morgan fingerprint density at radius 1 is 1.27 bits per heavy atom. The topological polar surface area (TPSA) is 50.7 Å². The third-order valence-electron chi connectivity index (χ3n) is 2.33. The maximum absolute atomic E-state index is 4.50. The monoisotopic (exact) mass is 202 g/mol. The first-order chi connectivity index (χ1) is 7.31. The van der Waals surface area contributed by atoms with Gasteiger partial charge in [0, 0.05) is 13.0 Å². The lowest BCUT2D eigenvalue weighted by Gasteiger charge is -2.02. The number of aryl methyl sites for hydroxylation is 1. The van der Waals surface area contributed by atoms with Crippen molar-refractivity contribution in [1.82, 2.24) is 20.5 Å². The maximum atomic E-state index is 4.50.